The first kappa shape index (κ1) is 13.9. The van der Waals surface area contributed by atoms with Gasteiger partial charge in [0, 0.05) is 13.7 Å². The molecular formula is C12H20N2O3. The number of aliphatic hydroxyl groups is 1. The summed E-state index contributed by atoms with van der Waals surface area (Å²) in [4.78, 5) is 12.0. The highest BCUT2D eigenvalue weighted by molar-refractivity contribution is 5.86. The summed E-state index contributed by atoms with van der Waals surface area (Å²) in [5.41, 5.74) is -0.860. The smallest absolute Gasteiger partial charge is 0.240 e. The van der Waals surface area contributed by atoms with Gasteiger partial charge in [-0.05, 0) is 25.2 Å². The maximum Gasteiger partial charge on any atom is 0.240 e. The van der Waals surface area contributed by atoms with Gasteiger partial charge in [-0.1, -0.05) is 6.92 Å². The monoisotopic (exact) mass is 240 g/mol. The lowest BCUT2D eigenvalue weighted by molar-refractivity contribution is -0.135. The Labute approximate surface area is 102 Å². The first-order valence-corrected chi connectivity index (χ1v) is 5.90. The normalized spacial score (nSPS) is 28.9. The molecule has 1 aliphatic carbocycles. The molecule has 0 heterocycles. The average Bonchev–Trinajstić information content (AvgIpc) is 2.25. The summed E-state index contributed by atoms with van der Waals surface area (Å²) < 4.78 is 4.97. The molecule has 5 nitrogen and oxygen atoms in total. The van der Waals surface area contributed by atoms with Crippen molar-refractivity contribution >= 4 is 5.91 Å². The fraction of sp³-hybridized carbons (Fsp3) is 0.833. The van der Waals surface area contributed by atoms with Gasteiger partial charge in [0.15, 0.2) is 0 Å². The SMILES string of the molecule is COCC(CCO)NC(=O)C1(C#N)CC(C)C1. The molecule has 1 unspecified atom stereocenters. The largest absolute Gasteiger partial charge is 0.396 e. The van der Waals surface area contributed by atoms with Gasteiger partial charge >= 0.3 is 0 Å². The van der Waals surface area contributed by atoms with Crippen molar-refractivity contribution in [3.8, 4) is 6.07 Å². The van der Waals surface area contributed by atoms with Crippen LogP contribution < -0.4 is 5.32 Å². The highest BCUT2D eigenvalue weighted by atomic mass is 16.5. The standard InChI is InChI=1S/C12H20N2O3/c1-9-5-12(6-9,8-13)11(16)14-10(3-4-15)7-17-2/h9-10,15H,3-7H2,1-2H3,(H,14,16). The van der Waals surface area contributed by atoms with Crippen molar-refractivity contribution in [2.45, 2.75) is 32.2 Å². The van der Waals surface area contributed by atoms with Gasteiger partial charge in [0.1, 0.15) is 5.41 Å². The molecule has 96 valence electrons. The molecule has 1 fully saturated rings. The summed E-state index contributed by atoms with van der Waals surface area (Å²) in [7, 11) is 1.54. The van der Waals surface area contributed by atoms with Gasteiger partial charge in [-0.15, -0.1) is 0 Å². The maximum atomic E-state index is 12.0. The second-order valence-corrected chi connectivity index (χ2v) is 4.85. The molecule has 0 spiro atoms. The van der Waals surface area contributed by atoms with Crippen LogP contribution in [0.2, 0.25) is 0 Å². The second-order valence-electron chi connectivity index (χ2n) is 4.85. The number of hydrogen-bond acceptors (Lipinski definition) is 4. The summed E-state index contributed by atoms with van der Waals surface area (Å²) in [5, 5.41) is 20.8. The van der Waals surface area contributed by atoms with Crippen molar-refractivity contribution in [1.29, 1.82) is 5.26 Å². The number of carbonyl (C=O) groups excluding carboxylic acids is 1. The molecule has 17 heavy (non-hydrogen) atoms. The van der Waals surface area contributed by atoms with Gasteiger partial charge in [0.25, 0.3) is 0 Å². The van der Waals surface area contributed by atoms with Crippen LogP contribution in [-0.2, 0) is 9.53 Å². The van der Waals surface area contributed by atoms with Gasteiger partial charge in [-0.25, -0.2) is 0 Å². The third-order valence-corrected chi connectivity index (χ3v) is 3.22. The molecule has 1 aliphatic rings. The van der Waals surface area contributed by atoms with Gasteiger partial charge in [-0.3, -0.25) is 4.79 Å². The van der Waals surface area contributed by atoms with Crippen LogP contribution in [0.25, 0.3) is 0 Å². The number of hydrogen-bond donors (Lipinski definition) is 2. The quantitative estimate of drug-likeness (QED) is 0.705. The number of aliphatic hydroxyl groups excluding tert-OH is 1. The Kier molecular flexibility index (Phi) is 4.91. The lowest BCUT2D eigenvalue weighted by Gasteiger charge is -2.40. The van der Waals surface area contributed by atoms with E-state index < -0.39 is 5.41 Å². The third-order valence-electron chi connectivity index (χ3n) is 3.22. The molecule has 0 aromatic rings. The zero-order valence-corrected chi connectivity index (χ0v) is 10.4. The number of nitrogens with one attached hydrogen (secondary N) is 1. The van der Waals surface area contributed by atoms with E-state index in [1.54, 1.807) is 7.11 Å². The zero-order valence-electron chi connectivity index (χ0n) is 10.4. The molecular weight excluding hydrogens is 220 g/mol. The summed E-state index contributed by atoms with van der Waals surface area (Å²) in [6, 6.07) is 1.90. The Morgan fingerprint density at radius 1 is 1.71 bits per heavy atom. The highest BCUT2D eigenvalue weighted by Crippen LogP contribution is 2.45. The van der Waals surface area contributed by atoms with E-state index in [0.29, 0.717) is 31.8 Å². The first-order valence-electron chi connectivity index (χ1n) is 5.90. The minimum absolute atomic E-state index is 0.00966. The minimum Gasteiger partial charge on any atom is -0.396 e. The number of amides is 1. The van der Waals surface area contributed by atoms with E-state index in [2.05, 4.69) is 11.4 Å². The molecule has 5 heteroatoms. The zero-order chi connectivity index (χ0) is 12.9. The van der Waals surface area contributed by atoms with Gasteiger partial charge in [0.2, 0.25) is 5.91 Å². The summed E-state index contributed by atoms with van der Waals surface area (Å²) >= 11 is 0. The Morgan fingerprint density at radius 2 is 2.35 bits per heavy atom. The van der Waals surface area contributed by atoms with Crippen molar-refractivity contribution < 1.29 is 14.6 Å². The van der Waals surface area contributed by atoms with Crippen molar-refractivity contribution in [3.63, 3.8) is 0 Å². The summed E-state index contributed by atoms with van der Waals surface area (Å²) in [6.45, 7) is 2.37. The van der Waals surface area contributed by atoms with E-state index in [1.165, 1.54) is 0 Å². The molecule has 0 aromatic heterocycles. The van der Waals surface area contributed by atoms with E-state index in [1.807, 2.05) is 6.92 Å². The van der Waals surface area contributed by atoms with Crippen molar-refractivity contribution in [2.24, 2.45) is 11.3 Å². The summed E-state index contributed by atoms with van der Waals surface area (Å²) in [6.07, 6.45) is 1.68. The molecule has 0 aromatic carbocycles. The topological polar surface area (TPSA) is 82.3 Å². The predicted octanol–water partition coefficient (Wildman–Crippen LogP) is 0.440. The Balaban J connectivity index is 2.54. The molecule has 0 aliphatic heterocycles. The van der Waals surface area contributed by atoms with Gasteiger partial charge in [-0.2, -0.15) is 5.26 Å². The number of nitrogens with zero attached hydrogens (tertiary/aromatic N) is 1. The van der Waals surface area contributed by atoms with E-state index in [4.69, 9.17) is 15.1 Å². The Bertz CT molecular complexity index is 299. The number of carbonyl (C=O) groups is 1. The number of nitriles is 1. The molecule has 0 radical (unpaired) electrons. The van der Waals surface area contributed by atoms with E-state index in [0.717, 1.165) is 0 Å². The fourth-order valence-electron chi connectivity index (χ4n) is 2.34. The van der Waals surface area contributed by atoms with E-state index in [-0.39, 0.29) is 18.6 Å². The van der Waals surface area contributed by atoms with Crippen molar-refractivity contribution in [1.82, 2.24) is 5.32 Å². The predicted molar refractivity (Wildman–Crippen MR) is 62.0 cm³/mol. The lowest BCUT2D eigenvalue weighted by Crippen LogP contribution is -2.52. The maximum absolute atomic E-state index is 12.0. The molecule has 2 N–H and O–H groups in total. The Morgan fingerprint density at radius 3 is 2.76 bits per heavy atom. The van der Waals surface area contributed by atoms with Crippen LogP contribution in [0.4, 0.5) is 0 Å². The van der Waals surface area contributed by atoms with Crippen LogP contribution in [-0.4, -0.2) is 37.4 Å². The van der Waals surface area contributed by atoms with Crippen LogP contribution in [0.1, 0.15) is 26.2 Å². The first-order chi connectivity index (χ1) is 8.07. The Hall–Kier alpha value is -1.12. The average molecular weight is 240 g/mol. The van der Waals surface area contributed by atoms with Crippen LogP contribution in [0.3, 0.4) is 0 Å². The highest BCUT2D eigenvalue weighted by Gasteiger charge is 2.49. The van der Waals surface area contributed by atoms with Crippen LogP contribution in [0.5, 0.6) is 0 Å². The van der Waals surface area contributed by atoms with Crippen LogP contribution in [0, 0.1) is 22.7 Å². The van der Waals surface area contributed by atoms with E-state index in [9.17, 15) is 4.79 Å². The molecule has 1 saturated carbocycles. The molecule has 1 rings (SSSR count). The number of methoxy groups -OCH3 is 1. The molecule has 0 saturated heterocycles. The minimum atomic E-state index is -0.860. The summed E-state index contributed by atoms with van der Waals surface area (Å²) in [5.74, 6) is 0.202. The van der Waals surface area contributed by atoms with Crippen LogP contribution >= 0.6 is 0 Å². The molecule has 0 bridgehead atoms. The third kappa shape index (κ3) is 3.18. The number of ether oxygens (including phenoxy) is 1. The van der Waals surface area contributed by atoms with E-state index >= 15 is 0 Å². The van der Waals surface area contributed by atoms with Crippen molar-refractivity contribution in [2.75, 3.05) is 20.3 Å². The lowest BCUT2D eigenvalue weighted by atomic mass is 9.63. The van der Waals surface area contributed by atoms with Crippen molar-refractivity contribution in [3.05, 3.63) is 0 Å². The molecule has 1 amide bonds. The van der Waals surface area contributed by atoms with Gasteiger partial charge < -0.3 is 15.2 Å². The number of rotatable bonds is 6. The molecule has 1 atom stereocenters. The fourth-order valence-corrected chi connectivity index (χ4v) is 2.34. The van der Waals surface area contributed by atoms with Crippen LogP contribution in [0.15, 0.2) is 0 Å². The second kappa shape index (κ2) is 5.99. The van der Waals surface area contributed by atoms with Gasteiger partial charge in [0.05, 0.1) is 18.7 Å².